The summed E-state index contributed by atoms with van der Waals surface area (Å²) < 4.78 is 5.46. The van der Waals surface area contributed by atoms with Crippen molar-refractivity contribution < 1.29 is 14.3 Å². The molecule has 1 unspecified atom stereocenters. The molecule has 1 aliphatic rings. The lowest BCUT2D eigenvalue weighted by atomic mass is 9.96. The Labute approximate surface area is 125 Å². The fourth-order valence-corrected chi connectivity index (χ4v) is 2.62. The zero-order valence-corrected chi connectivity index (χ0v) is 12.3. The Morgan fingerprint density at radius 1 is 1.29 bits per heavy atom. The minimum Gasteiger partial charge on any atom is -0.446 e. The van der Waals surface area contributed by atoms with E-state index in [0.29, 0.717) is 0 Å². The van der Waals surface area contributed by atoms with Crippen LogP contribution < -0.4 is 5.73 Å². The van der Waals surface area contributed by atoms with Crippen molar-refractivity contribution in [3.05, 3.63) is 35.9 Å². The summed E-state index contributed by atoms with van der Waals surface area (Å²) >= 11 is 0. The Hall–Kier alpha value is -1.88. The van der Waals surface area contributed by atoms with Crippen LogP contribution in [0.25, 0.3) is 0 Å². The molecule has 5 heteroatoms. The van der Waals surface area contributed by atoms with Crippen LogP contribution in [0.3, 0.4) is 0 Å². The molecule has 0 bridgehead atoms. The van der Waals surface area contributed by atoms with Gasteiger partial charge in [0.2, 0.25) is 5.91 Å². The predicted molar refractivity (Wildman–Crippen MR) is 79.2 cm³/mol. The maximum absolute atomic E-state index is 11.9. The van der Waals surface area contributed by atoms with E-state index in [9.17, 15) is 9.59 Å². The van der Waals surface area contributed by atoms with Gasteiger partial charge in [0.15, 0.2) is 6.23 Å². The molecule has 2 N–H and O–H groups in total. The number of nitrogens with two attached hydrogens (primary N) is 1. The first kappa shape index (κ1) is 15.5. The molecule has 1 saturated heterocycles. The van der Waals surface area contributed by atoms with Gasteiger partial charge in [-0.2, -0.15) is 0 Å². The van der Waals surface area contributed by atoms with Crippen LogP contribution in [0.4, 0.5) is 0 Å². The SMILES string of the molecule is CC(OC(=O)Cc1ccccc1)N1CCC(C(N)=O)CC1. The summed E-state index contributed by atoms with van der Waals surface area (Å²) in [7, 11) is 0. The van der Waals surface area contributed by atoms with Crippen LogP contribution in [0.15, 0.2) is 30.3 Å². The fourth-order valence-electron chi connectivity index (χ4n) is 2.62. The van der Waals surface area contributed by atoms with E-state index >= 15 is 0 Å². The van der Waals surface area contributed by atoms with E-state index in [2.05, 4.69) is 4.90 Å². The monoisotopic (exact) mass is 290 g/mol. The molecule has 1 amide bonds. The number of carbonyl (C=O) groups is 2. The Balaban J connectivity index is 1.78. The number of hydrogen-bond donors (Lipinski definition) is 1. The number of esters is 1. The molecule has 5 nitrogen and oxygen atoms in total. The predicted octanol–water partition coefficient (Wildman–Crippen LogP) is 1.32. The van der Waals surface area contributed by atoms with Crippen molar-refractivity contribution in [1.29, 1.82) is 0 Å². The van der Waals surface area contributed by atoms with Gasteiger partial charge in [0.1, 0.15) is 0 Å². The third kappa shape index (κ3) is 4.56. The highest BCUT2D eigenvalue weighted by atomic mass is 16.6. The summed E-state index contributed by atoms with van der Waals surface area (Å²) in [5.74, 6) is -0.512. The van der Waals surface area contributed by atoms with Gasteiger partial charge in [0.05, 0.1) is 6.42 Å². The number of rotatable bonds is 5. The summed E-state index contributed by atoms with van der Waals surface area (Å²) in [6.45, 7) is 3.33. The molecule has 1 atom stereocenters. The van der Waals surface area contributed by atoms with Gasteiger partial charge in [-0.05, 0) is 25.3 Å². The molecule has 0 saturated carbocycles. The van der Waals surface area contributed by atoms with E-state index in [4.69, 9.17) is 10.5 Å². The number of piperidine rings is 1. The summed E-state index contributed by atoms with van der Waals surface area (Å²) in [5, 5.41) is 0. The highest BCUT2D eigenvalue weighted by Gasteiger charge is 2.27. The maximum atomic E-state index is 11.9. The van der Waals surface area contributed by atoms with Crippen LogP contribution in [0.1, 0.15) is 25.3 Å². The standard InChI is InChI=1S/C16H22N2O3/c1-12(18-9-7-14(8-10-18)16(17)20)21-15(19)11-13-5-3-2-4-6-13/h2-6,12,14H,7-11H2,1H3,(H2,17,20). The first-order valence-electron chi connectivity index (χ1n) is 7.33. The van der Waals surface area contributed by atoms with Crippen molar-refractivity contribution in [3.8, 4) is 0 Å². The molecule has 0 aliphatic carbocycles. The smallest absolute Gasteiger partial charge is 0.311 e. The molecule has 1 aliphatic heterocycles. The highest BCUT2D eigenvalue weighted by molar-refractivity contribution is 5.76. The first-order chi connectivity index (χ1) is 10.1. The number of carbonyl (C=O) groups excluding carboxylic acids is 2. The van der Waals surface area contributed by atoms with Crippen molar-refractivity contribution in [2.45, 2.75) is 32.4 Å². The number of ether oxygens (including phenoxy) is 1. The second kappa shape index (κ2) is 7.22. The Morgan fingerprint density at radius 2 is 1.90 bits per heavy atom. The Bertz CT molecular complexity index is 482. The molecule has 1 heterocycles. The quantitative estimate of drug-likeness (QED) is 0.830. The van der Waals surface area contributed by atoms with E-state index in [0.717, 1.165) is 31.5 Å². The molecule has 0 radical (unpaired) electrons. The van der Waals surface area contributed by atoms with Gasteiger partial charge >= 0.3 is 5.97 Å². The fraction of sp³-hybridized carbons (Fsp3) is 0.500. The Kier molecular flexibility index (Phi) is 5.33. The van der Waals surface area contributed by atoms with Gasteiger partial charge in [0, 0.05) is 19.0 Å². The summed E-state index contributed by atoms with van der Waals surface area (Å²) in [6.07, 6.45) is 1.48. The van der Waals surface area contributed by atoms with Crippen LogP contribution in [-0.2, 0) is 20.7 Å². The van der Waals surface area contributed by atoms with Gasteiger partial charge in [-0.1, -0.05) is 30.3 Å². The largest absolute Gasteiger partial charge is 0.446 e. The molecule has 2 rings (SSSR count). The lowest BCUT2D eigenvalue weighted by Crippen LogP contribution is -2.44. The van der Waals surface area contributed by atoms with Gasteiger partial charge in [0.25, 0.3) is 0 Å². The van der Waals surface area contributed by atoms with Crippen molar-refractivity contribution in [3.63, 3.8) is 0 Å². The molecule has 1 aromatic carbocycles. The number of benzene rings is 1. The number of nitrogens with zero attached hydrogens (tertiary/aromatic N) is 1. The minimum absolute atomic E-state index is 0.0477. The third-order valence-corrected chi connectivity index (χ3v) is 3.94. The van der Waals surface area contributed by atoms with Crippen molar-refractivity contribution >= 4 is 11.9 Å². The third-order valence-electron chi connectivity index (χ3n) is 3.94. The molecule has 1 fully saturated rings. The lowest BCUT2D eigenvalue weighted by Gasteiger charge is -2.34. The Morgan fingerprint density at radius 3 is 2.48 bits per heavy atom. The molecule has 114 valence electrons. The van der Waals surface area contributed by atoms with Crippen molar-refractivity contribution in [2.24, 2.45) is 11.7 Å². The van der Waals surface area contributed by atoms with Gasteiger partial charge in [-0.3, -0.25) is 14.5 Å². The van der Waals surface area contributed by atoms with Crippen molar-refractivity contribution in [2.75, 3.05) is 13.1 Å². The normalized spacial score (nSPS) is 18.1. The van der Waals surface area contributed by atoms with Crippen LogP contribution in [0.2, 0.25) is 0 Å². The molecular formula is C16H22N2O3. The van der Waals surface area contributed by atoms with E-state index < -0.39 is 0 Å². The maximum Gasteiger partial charge on any atom is 0.311 e. The zero-order chi connectivity index (χ0) is 15.2. The summed E-state index contributed by atoms with van der Waals surface area (Å²) in [6, 6.07) is 9.54. The number of likely N-dealkylation sites (tertiary alicyclic amines) is 1. The zero-order valence-electron chi connectivity index (χ0n) is 12.3. The topological polar surface area (TPSA) is 72.6 Å². The summed E-state index contributed by atoms with van der Waals surface area (Å²) in [5.41, 5.74) is 6.26. The molecule has 0 aromatic heterocycles. The molecule has 21 heavy (non-hydrogen) atoms. The van der Waals surface area contributed by atoms with Crippen LogP contribution in [0.5, 0.6) is 0 Å². The second-order valence-electron chi connectivity index (χ2n) is 5.46. The van der Waals surface area contributed by atoms with Gasteiger partial charge in [-0.15, -0.1) is 0 Å². The van der Waals surface area contributed by atoms with Crippen molar-refractivity contribution in [1.82, 2.24) is 4.90 Å². The minimum atomic E-state index is -0.268. The van der Waals surface area contributed by atoms with E-state index in [-0.39, 0.29) is 30.4 Å². The summed E-state index contributed by atoms with van der Waals surface area (Å²) in [4.78, 5) is 25.1. The average molecular weight is 290 g/mol. The number of amides is 1. The van der Waals surface area contributed by atoms with E-state index in [1.54, 1.807) is 0 Å². The van der Waals surface area contributed by atoms with E-state index in [1.807, 2.05) is 37.3 Å². The van der Waals surface area contributed by atoms with Crippen LogP contribution in [-0.4, -0.2) is 36.1 Å². The number of primary amides is 1. The molecule has 1 aromatic rings. The number of hydrogen-bond acceptors (Lipinski definition) is 4. The van der Waals surface area contributed by atoms with Crippen LogP contribution in [0, 0.1) is 5.92 Å². The average Bonchev–Trinajstić information content (AvgIpc) is 2.48. The highest BCUT2D eigenvalue weighted by Crippen LogP contribution is 2.19. The van der Waals surface area contributed by atoms with Gasteiger partial charge < -0.3 is 10.5 Å². The lowest BCUT2D eigenvalue weighted by molar-refractivity contribution is -0.158. The first-order valence-corrected chi connectivity index (χ1v) is 7.33. The molecule has 0 spiro atoms. The molecular weight excluding hydrogens is 268 g/mol. The van der Waals surface area contributed by atoms with Gasteiger partial charge in [-0.25, -0.2) is 0 Å². The second-order valence-corrected chi connectivity index (χ2v) is 5.46. The van der Waals surface area contributed by atoms with E-state index in [1.165, 1.54) is 0 Å². The van der Waals surface area contributed by atoms with Crippen LogP contribution >= 0.6 is 0 Å².